The lowest BCUT2D eigenvalue weighted by atomic mass is 9.96. The number of hydrogen-bond donors (Lipinski definition) is 0. The highest BCUT2D eigenvalue weighted by Crippen LogP contribution is 2.56. The van der Waals surface area contributed by atoms with Crippen LogP contribution in [0.4, 0.5) is 0 Å². The Bertz CT molecular complexity index is 633. The van der Waals surface area contributed by atoms with Crippen molar-refractivity contribution in [3.8, 4) is 0 Å². The van der Waals surface area contributed by atoms with Crippen LogP contribution in [0.15, 0.2) is 54.6 Å². The van der Waals surface area contributed by atoms with E-state index in [1.54, 1.807) is 0 Å². The van der Waals surface area contributed by atoms with Crippen molar-refractivity contribution in [1.29, 1.82) is 0 Å². The Hall–Kier alpha value is -1.93. The van der Waals surface area contributed by atoms with Gasteiger partial charge in [-0.3, -0.25) is 4.79 Å². The second-order valence-corrected chi connectivity index (χ2v) is 4.96. The van der Waals surface area contributed by atoms with E-state index >= 15 is 0 Å². The molecule has 18 heavy (non-hydrogen) atoms. The van der Waals surface area contributed by atoms with E-state index in [1.165, 1.54) is 0 Å². The van der Waals surface area contributed by atoms with E-state index in [9.17, 15) is 4.79 Å². The zero-order valence-electron chi connectivity index (χ0n) is 9.80. The van der Waals surface area contributed by atoms with Crippen LogP contribution in [-0.2, 0) is 11.2 Å². The molecule has 1 aliphatic carbocycles. The first-order valence-corrected chi connectivity index (χ1v) is 6.17. The summed E-state index contributed by atoms with van der Waals surface area (Å²) in [6, 6.07) is 17.8. The van der Waals surface area contributed by atoms with Gasteiger partial charge in [-0.25, -0.2) is 0 Å². The molecule has 2 aliphatic rings. The fourth-order valence-electron chi connectivity index (χ4n) is 2.94. The predicted octanol–water partition coefficient (Wildman–Crippen LogP) is 2.94. The van der Waals surface area contributed by atoms with E-state index in [2.05, 4.69) is 0 Å². The maximum absolute atomic E-state index is 12.4. The Morgan fingerprint density at radius 2 is 1.72 bits per heavy atom. The highest BCUT2D eigenvalue weighted by molar-refractivity contribution is 6.09. The van der Waals surface area contributed by atoms with E-state index in [0.29, 0.717) is 6.42 Å². The molecule has 1 spiro atoms. The number of Topliss-reactive ketones (excluding diaryl/α,β-unsaturated/α-hetero) is 1. The summed E-state index contributed by atoms with van der Waals surface area (Å²) >= 11 is 0. The number of carbonyl (C=O) groups excluding carboxylic acids is 1. The van der Waals surface area contributed by atoms with Crippen LogP contribution in [0.2, 0.25) is 0 Å². The molecular weight excluding hydrogens is 224 g/mol. The van der Waals surface area contributed by atoms with E-state index < -0.39 is 5.60 Å². The summed E-state index contributed by atoms with van der Waals surface area (Å²) in [4.78, 5) is 12.4. The van der Waals surface area contributed by atoms with Gasteiger partial charge >= 0.3 is 0 Å². The first-order valence-electron chi connectivity index (χ1n) is 6.17. The fourth-order valence-corrected chi connectivity index (χ4v) is 2.94. The second-order valence-electron chi connectivity index (χ2n) is 4.96. The van der Waals surface area contributed by atoms with Crippen molar-refractivity contribution in [3.05, 3.63) is 71.3 Å². The maximum atomic E-state index is 12.4. The Morgan fingerprint density at radius 1 is 1.00 bits per heavy atom. The maximum Gasteiger partial charge on any atom is 0.198 e. The second kappa shape index (κ2) is 3.30. The number of carbonyl (C=O) groups is 1. The number of ketones is 1. The summed E-state index contributed by atoms with van der Waals surface area (Å²) in [6.45, 7) is 0. The van der Waals surface area contributed by atoms with Crippen LogP contribution in [0.1, 0.15) is 27.6 Å². The van der Waals surface area contributed by atoms with Crippen molar-refractivity contribution < 1.29 is 9.53 Å². The van der Waals surface area contributed by atoms with E-state index in [-0.39, 0.29) is 11.9 Å². The molecule has 2 atom stereocenters. The third kappa shape index (κ3) is 1.18. The van der Waals surface area contributed by atoms with E-state index in [4.69, 9.17) is 4.74 Å². The molecule has 1 heterocycles. The summed E-state index contributed by atoms with van der Waals surface area (Å²) in [5.74, 6) is 0.145. The summed E-state index contributed by atoms with van der Waals surface area (Å²) < 4.78 is 5.80. The summed E-state index contributed by atoms with van der Waals surface area (Å²) in [5, 5.41) is 0. The van der Waals surface area contributed by atoms with Crippen LogP contribution >= 0.6 is 0 Å². The molecule has 2 nitrogen and oxygen atoms in total. The van der Waals surface area contributed by atoms with Gasteiger partial charge < -0.3 is 4.74 Å². The summed E-state index contributed by atoms with van der Waals surface area (Å²) in [5.41, 5.74) is 2.43. The molecule has 0 radical (unpaired) electrons. The van der Waals surface area contributed by atoms with Crippen LogP contribution in [0.5, 0.6) is 0 Å². The minimum Gasteiger partial charge on any atom is -0.352 e. The normalized spacial score (nSPS) is 28.4. The van der Waals surface area contributed by atoms with E-state index in [0.717, 1.165) is 16.7 Å². The highest BCUT2D eigenvalue weighted by atomic mass is 16.6. The molecule has 0 N–H and O–H groups in total. The fraction of sp³-hybridized carbons (Fsp3) is 0.188. The van der Waals surface area contributed by atoms with Gasteiger partial charge in [-0.2, -0.15) is 0 Å². The Kier molecular flexibility index (Phi) is 1.84. The standard InChI is InChI=1S/C16H12O2/c17-14-13-9-5-4-8-12(13)10-16(14)15(18-16)11-6-2-1-3-7-11/h1-9,15H,10H2/t15-,16+/m1/s1. The molecule has 0 saturated carbocycles. The largest absolute Gasteiger partial charge is 0.352 e. The van der Waals surface area contributed by atoms with E-state index in [1.807, 2.05) is 54.6 Å². The van der Waals surface area contributed by atoms with Gasteiger partial charge in [0.05, 0.1) is 0 Å². The van der Waals surface area contributed by atoms with Crippen molar-refractivity contribution in [2.45, 2.75) is 18.1 Å². The molecular formula is C16H12O2. The monoisotopic (exact) mass is 236 g/mol. The topological polar surface area (TPSA) is 29.6 Å². The van der Waals surface area contributed by atoms with Crippen molar-refractivity contribution in [2.24, 2.45) is 0 Å². The first kappa shape index (κ1) is 10.0. The average Bonchev–Trinajstić information content (AvgIpc) is 3.08. The van der Waals surface area contributed by atoms with Crippen LogP contribution in [-0.4, -0.2) is 11.4 Å². The molecule has 2 aromatic carbocycles. The Balaban J connectivity index is 1.73. The van der Waals surface area contributed by atoms with Gasteiger partial charge in [-0.1, -0.05) is 54.6 Å². The molecule has 88 valence electrons. The highest BCUT2D eigenvalue weighted by Gasteiger charge is 2.65. The van der Waals surface area contributed by atoms with Crippen LogP contribution < -0.4 is 0 Å². The number of ether oxygens (including phenoxy) is 1. The van der Waals surface area contributed by atoms with Gasteiger partial charge in [0.2, 0.25) is 0 Å². The molecule has 1 saturated heterocycles. The molecule has 1 fully saturated rings. The number of hydrogen-bond acceptors (Lipinski definition) is 2. The smallest absolute Gasteiger partial charge is 0.198 e. The van der Waals surface area contributed by atoms with Crippen molar-refractivity contribution in [3.63, 3.8) is 0 Å². The number of epoxide rings is 1. The zero-order valence-corrected chi connectivity index (χ0v) is 9.80. The first-order chi connectivity index (χ1) is 8.81. The lowest BCUT2D eigenvalue weighted by Crippen LogP contribution is -2.20. The molecule has 0 unspecified atom stereocenters. The number of fused-ring (bicyclic) bond motifs is 1. The molecule has 0 amide bonds. The zero-order chi connectivity index (χ0) is 12.2. The summed E-state index contributed by atoms with van der Waals surface area (Å²) in [7, 11) is 0. The van der Waals surface area contributed by atoms with Crippen molar-refractivity contribution >= 4 is 5.78 Å². The van der Waals surface area contributed by atoms with Crippen molar-refractivity contribution in [1.82, 2.24) is 0 Å². The summed E-state index contributed by atoms with van der Waals surface area (Å²) in [6.07, 6.45) is 0.639. The Morgan fingerprint density at radius 3 is 2.50 bits per heavy atom. The Labute approximate surface area is 105 Å². The average molecular weight is 236 g/mol. The molecule has 2 aromatic rings. The molecule has 4 rings (SSSR count). The van der Waals surface area contributed by atoms with Gasteiger partial charge in [-0.15, -0.1) is 0 Å². The minimum atomic E-state index is -0.606. The lowest BCUT2D eigenvalue weighted by molar-refractivity contribution is 0.0894. The van der Waals surface area contributed by atoms with Gasteiger partial charge in [0.1, 0.15) is 6.10 Å². The lowest BCUT2D eigenvalue weighted by Gasteiger charge is -2.00. The molecule has 0 aromatic heterocycles. The van der Waals surface area contributed by atoms with Gasteiger partial charge in [0, 0.05) is 12.0 Å². The third-order valence-corrected chi connectivity index (χ3v) is 3.90. The number of benzene rings is 2. The molecule has 0 bridgehead atoms. The van der Waals surface area contributed by atoms with Gasteiger partial charge in [0.15, 0.2) is 11.4 Å². The minimum absolute atomic E-state index is 0.0707. The van der Waals surface area contributed by atoms with Crippen LogP contribution in [0.3, 0.4) is 0 Å². The van der Waals surface area contributed by atoms with Gasteiger partial charge in [0.25, 0.3) is 0 Å². The molecule has 1 aliphatic heterocycles. The van der Waals surface area contributed by atoms with Crippen molar-refractivity contribution in [2.75, 3.05) is 0 Å². The van der Waals surface area contributed by atoms with Gasteiger partial charge in [-0.05, 0) is 11.1 Å². The SMILES string of the molecule is O=C1c2ccccc2C[C@]12O[C@@H]2c1ccccc1. The predicted molar refractivity (Wildman–Crippen MR) is 67.5 cm³/mol. The number of rotatable bonds is 1. The quantitative estimate of drug-likeness (QED) is 0.712. The third-order valence-electron chi connectivity index (χ3n) is 3.90. The molecule has 2 heteroatoms. The van der Waals surface area contributed by atoms with Crippen LogP contribution in [0, 0.1) is 0 Å². The van der Waals surface area contributed by atoms with Crippen LogP contribution in [0.25, 0.3) is 0 Å².